The van der Waals surface area contributed by atoms with Crippen molar-refractivity contribution >= 4 is 5.97 Å². The van der Waals surface area contributed by atoms with Gasteiger partial charge in [0, 0.05) is 13.1 Å². The topological polar surface area (TPSA) is 107 Å². The van der Waals surface area contributed by atoms with Crippen molar-refractivity contribution < 1.29 is 20.1 Å². The van der Waals surface area contributed by atoms with Crippen LogP contribution in [-0.2, 0) is 4.79 Å². The lowest BCUT2D eigenvalue weighted by molar-refractivity contribution is -0.138. The Balaban J connectivity index is 3.85. The Hall–Kier alpha value is -0.690. The predicted octanol–water partition coefficient (Wildman–Crippen LogP) is -0.368. The minimum absolute atomic E-state index is 0.440. The van der Waals surface area contributed by atoms with Crippen molar-refractivity contribution in [3.8, 4) is 0 Å². The van der Waals surface area contributed by atoms with Gasteiger partial charge in [0.2, 0.25) is 0 Å². The Morgan fingerprint density at radius 3 is 2.06 bits per heavy atom. The molecule has 108 valence electrons. The van der Waals surface area contributed by atoms with E-state index < -0.39 is 24.2 Å². The second-order valence-corrected chi connectivity index (χ2v) is 4.90. The fourth-order valence-corrected chi connectivity index (χ4v) is 1.83. The molecular formula is C12H26N2O4. The van der Waals surface area contributed by atoms with Gasteiger partial charge in [-0.05, 0) is 33.2 Å². The third kappa shape index (κ3) is 9.35. The molecule has 18 heavy (non-hydrogen) atoms. The van der Waals surface area contributed by atoms with Gasteiger partial charge in [-0.3, -0.25) is 9.69 Å². The Kier molecular flexibility index (Phi) is 8.91. The van der Waals surface area contributed by atoms with Gasteiger partial charge >= 0.3 is 5.97 Å². The maximum Gasteiger partial charge on any atom is 0.320 e. The summed E-state index contributed by atoms with van der Waals surface area (Å²) in [5, 5.41) is 27.3. The molecule has 0 fully saturated rings. The van der Waals surface area contributed by atoms with Gasteiger partial charge in [-0.25, -0.2) is 0 Å². The number of aliphatic carboxylic acids is 1. The first-order chi connectivity index (χ1) is 8.32. The third-order valence-corrected chi connectivity index (χ3v) is 2.60. The molecule has 2 unspecified atom stereocenters. The average Bonchev–Trinajstić information content (AvgIpc) is 2.21. The highest BCUT2D eigenvalue weighted by atomic mass is 16.4. The highest BCUT2D eigenvalue weighted by Gasteiger charge is 2.13. The SMILES string of the molecule is CC(O)CN(CCCC[C@H](N)C(=O)O)CC(C)O. The molecular weight excluding hydrogens is 236 g/mol. The first-order valence-corrected chi connectivity index (χ1v) is 6.39. The van der Waals surface area contributed by atoms with Gasteiger partial charge in [0.1, 0.15) is 6.04 Å². The Morgan fingerprint density at radius 2 is 1.67 bits per heavy atom. The number of carboxylic acids is 1. The van der Waals surface area contributed by atoms with Gasteiger partial charge in [-0.2, -0.15) is 0 Å². The number of nitrogens with zero attached hydrogens (tertiary/aromatic N) is 1. The predicted molar refractivity (Wildman–Crippen MR) is 69.3 cm³/mol. The molecule has 0 rings (SSSR count). The number of hydrogen-bond donors (Lipinski definition) is 4. The number of aliphatic hydroxyl groups excluding tert-OH is 2. The summed E-state index contributed by atoms with van der Waals surface area (Å²) in [7, 11) is 0. The lowest BCUT2D eigenvalue weighted by atomic mass is 10.1. The van der Waals surface area contributed by atoms with Crippen molar-refractivity contribution in [2.45, 2.75) is 51.4 Å². The summed E-state index contributed by atoms with van der Waals surface area (Å²) in [6, 6.07) is -0.799. The molecule has 0 amide bonds. The van der Waals surface area contributed by atoms with Gasteiger partial charge in [0.25, 0.3) is 0 Å². The summed E-state index contributed by atoms with van der Waals surface area (Å²) in [5.41, 5.74) is 5.40. The van der Waals surface area contributed by atoms with Gasteiger partial charge in [0.15, 0.2) is 0 Å². The van der Waals surface area contributed by atoms with Crippen molar-refractivity contribution in [1.29, 1.82) is 0 Å². The van der Waals surface area contributed by atoms with Crippen LogP contribution in [0, 0.1) is 0 Å². The fourth-order valence-electron chi connectivity index (χ4n) is 1.83. The molecule has 3 atom stereocenters. The second kappa shape index (κ2) is 9.27. The summed E-state index contributed by atoms with van der Waals surface area (Å²) < 4.78 is 0. The van der Waals surface area contributed by atoms with Crippen LogP contribution in [-0.4, -0.2) is 64.1 Å². The summed E-state index contributed by atoms with van der Waals surface area (Å²) in [5.74, 6) is -0.972. The normalized spacial score (nSPS) is 16.6. The number of carboxylic acid groups (broad SMARTS) is 1. The lowest BCUT2D eigenvalue weighted by Crippen LogP contribution is -2.37. The molecule has 0 aromatic carbocycles. The van der Waals surface area contributed by atoms with Crippen LogP contribution < -0.4 is 5.73 Å². The van der Waals surface area contributed by atoms with E-state index >= 15 is 0 Å². The zero-order valence-corrected chi connectivity index (χ0v) is 11.2. The van der Waals surface area contributed by atoms with Crippen LogP contribution in [0.2, 0.25) is 0 Å². The van der Waals surface area contributed by atoms with E-state index in [4.69, 9.17) is 10.8 Å². The highest BCUT2D eigenvalue weighted by Crippen LogP contribution is 2.03. The second-order valence-electron chi connectivity index (χ2n) is 4.90. The van der Waals surface area contributed by atoms with E-state index in [-0.39, 0.29) is 0 Å². The van der Waals surface area contributed by atoms with Crippen molar-refractivity contribution in [3.63, 3.8) is 0 Å². The first kappa shape index (κ1) is 17.3. The minimum atomic E-state index is -0.972. The minimum Gasteiger partial charge on any atom is -0.480 e. The van der Waals surface area contributed by atoms with Gasteiger partial charge in [-0.1, -0.05) is 6.42 Å². The summed E-state index contributed by atoms with van der Waals surface area (Å²) in [4.78, 5) is 12.5. The van der Waals surface area contributed by atoms with Crippen LogP contribution >= 0.6 is 0 Å². The molecule has 0 bridgehead atoms. The van der Waals surface area contributed by atoms with E-state index in [9.17, 15) is 15.0 Å². The van der Waals surface area contributed by atoms with E-state index in [0.717, 1.165) is 19.4 Å². The van der Waals surface area contributed by atoms with E-state index in [0.29, 0.717) is 19.5 Å². The number of hydrogen-bond acceptors (Lipinski definition) is 5. The Bertz CT molecular complexity index is 224. The molecule has 6 nitrogen and oxygen atoms in total. The molecule has 6 heteroatoms. The maximum absolute atomic E-state index is 10.5. The molecule has 0 aliphatic heterocycles. The van der Waals surface area contributed by atoms with E-state index in [2.05, 4.69) is 0 Å². The quantitative estimate of drug-likeness (QED) is 0.400. The van der Waals surface area contributed by atoms with Gasteiger partial charge in [0.05, 0.1) is 12.2 Å². The molecule has 0 saturated heterocycles. The Morgan fingerprint density at radius 1 is 1.17 bits per heavy atom. The fraction of sp³-hybridized carbons (Fsp3) is 0.917. The van der Waals surface area contributed by atoms with Crippen molar-refractivity contribution in [2.75, 3.05) is 19.6 Å². The van der Waals surface area contributed by atoms with Crippen molar-refractivity contribution in [1.82, 2.24) is 4.90 Å². The van der Waals surface area contributed by atoms with E-state index in [1.807, 2.05) is 4.90 Å². The largest absolute Gasteiger partial charge is 0.480 e. The van der Waals surface area contributed by atoms with Crippen LogP contribution in [0.15, 0.2) is 0 Å². The Labute approximate surface area is 108 Å². The molecule has 5 N–H and O–H groups in total. The van der Waals surface area contributed by atoms with Gasteiger partial charge in [-0.15, -0.1) is 0 Å². The van der Waals surface area contributed by atoms with E-state index in [1.54, 1.807) is 13.8 Å². The summed E-state index contributed by atoms with van der Waals surface area (Å²) >= 11 is 0. The number of nitrogens with two attached hydrogens (primary N) is 1. The molecule has 0 aliphatic carbocycles. The molecule has 0 saturated carbocycles. The number of rotatable bonds is 10. The van der Waals surface area contributed by atoms with Gasteiger partial charge < -0.3 is 21.1 Å². The van der Waals surface area contributed by atoms with E-state index in [1.165, 1.54) is 0 Å². The average molecular weight is 262 g/mol. The smallest absolute Gasteiger partial charge is 0.320 e. The maximum atomic E-state index is 10.5. The van der Waals surface area contributed by atoms with Crippen molar-refractivity contribution in [3.05, 3.63) is 0 Å². The molecule has 0 aromatic rings. The summed E-state index contributed by atoms with van der Waals surface area (Å²) in [6.07, 6.45) is 1.10. The van der Waals surface area contributed by atoms with Crippen LogP contribution in [0.25, 0.3) is 0 Å². The molecule has 0 spiro atoms. The zero-order chi connectivity index (χ0) is 14.1. The third-order valence-electron chi connectivity index (χ3n) is 2.60. The zero-order valence-electron chi connectivity index (χ0n) is 11.2. The molecule has 0 aliphatic rings. The lowest BCUT2D eigenvalue weighted by Gasteiger charge is -2.25. The molecule has 0 heterocycles. The van der Waals surface area contributed by atoms with Crippen LogP contribution in [0.3, 0.4) is 0 Å². The van der Waals surface area contributed by atoms with Crippen molar-refractivity contribution in [2.24, 2.45) is 5.73 Å². The number of unbranched alkanes of at least 4 members (excludes halogenated alkanes) is 1. The number of carbonyl (C=O) groups is 1. The van der Waals surface area contributed by atoms with Crippen LogP contribution in [0.5, 0.6) is 0 Å². The molecule has 0 radical (unpaired) electrons. The highest BCUT2D eigenvalue weighted by molar-refractivity contribution is 5.72. The monoisotopic (exact) mass is 262 g/mol. The first-order valence-electron chi connectivity index (χ1n) is 6.39. The number of aliphatic hydroxyl groups is 2. The standard InChI is InChI=1S/C12H26N2O4/c1-9(15)7-14(8-10(2)16)6-4-3-5-11(13)12(17)18/h9-11,15-16H,3-8,13H2,1-2H3,(H,17,18)/t9?,10?,11-/m0/s1. The molecule has 0 aromatic heterocycles. The van der Waals surface area contributed by atoms with Crippen LogP contribution in [0.4, 0.5) is 0 Å². The van der Waals surface area contributed by atoms with Crippen LogP contribution in [0.1, 0.15) is 33.1 Å². The summed E-state index contributed by atoms with van der Waals surface area (Å²) in [6.45, 7) is 5.15.